The first-order chi connectivity index (χ1) is 13.2. The lowest BCUT2D eigenvalue weighted by atomic mass is 9.95. The van der Waals surface area contributed by atoms with Crippen LogP contribution in [-0.4, -0.2) is 56.1 Å². The quantitative estimate of drug-likeness (QED) is 0.266. The normalized spacial score (nSPS) is 12.2. The molecule has 0 saturated heterocycles. The molecule has 0 radical (unpaired) electrons. The van der Waals surface area contributed by atoms with E-state index in [2.05, 4.69) is 19.5 Å². The average Bonchev–Trinajstić information content (AvgIpc) is 2.69. The molecular weight excluding hydrogens is 376 g/mol. The van der Waals surface area contributed by atoms with E-state index >= 15 is 0 Å². The van der Waals surface area contributed by atoms with Gasteiger partial charge in [-0.25, -0.2) is 4.79 Å². The van der Waals surface area contributed by atoms with Crippen molar-refractivity contribution in [2.45, 2.75) is 18.9 Å². The fourth-order valence-electron chi connectivity index (χ4n) is 2.39. The van der Waals surface area contributed by atoms with Crippen molar-refractivity contribution in [3.63, 3.8) is 0 Å². The molecule has 0 fully saturated rings. The lowest BCUT2D eigenvalue weighted by molar-refractivity contribution is -0.384. The largest absolute Gasteiger partial charge is 0.469 e. The Morgan fingerprint density at radius 2 is 1.71 bits per heavy atom. The van der Waals surface area contributed by atoms with Gasteiger partial charge in [0, 0.05) is 12.1 Å². The van der Waals surface area contributed by atoms with Crippen LogP contribution in [0.2, 0.25) is 0 Å². The van der Waals surface area contributed by atoms with Crippen LogP contribution in [0.3, 0.4) is 0 Å². The Hall–Kier alpha value is -3.50. The predicted molar refractivity (Wildman–Crippen MR) is 92.9 cm³/mol. The van der Waals surface area contributed by atoms with Crippen LogP contribution in [0.1, 0.15) is 12.0 Å². The van der Waals surface area contributed by atoms with Crippen LogP contribution in [0.4, 0.5) is 5.69 Å². The molecule has 0 unspecified atom stereocenters. The molecule has 2 atom stereocenters. The minimum Gasteiger partial charge on any atom is -0.469 e. The molecule has 0 aliphatic carbocycles. The Bertz CT molecular complexity index is 763. The van der Waals surface area contributed by atoms with Gasteiger partial charge in [-0.3, -0.25) is 24.5 Å². The highest BCUT2D eigenvalue weighted by Crippen LogP contribution is 2.16. The van der Waals surface area contributed by atoms with Crippen molar-refractivity contribution in [2.24, 2.45) is 5.92 Å². The zero-order valence-electron chi connectivity index (χ0n) is 15.5. The number of methoxy groups -OCH3 is 3. The summed E-state index contributed by atoms with van der Waals surface area (Å²) in [4.78, 5) is 58.2. The monoisotopic (exact) mass is 396 g/mol. The van der Waals surface area contributed by atoms with Crippen molar-refractivity contribution >= 4 is 29.5 Å². The van der Waals surface area contributed by atoms with Crippen molar-refractivity contribution < 1.29 is 38.3 Å². The Morgan fingerprint density at radius 1 is 1.07 bits per heavy atom. The summed E-state index contributed by atoms with van der Waals surface area (Å²) in [5.74, 6) is -4.77. The second-order valence-electron chi connectivity index (χ2n) is 5.58. The molecular formula is C17H20N2O9. The molecule has 1 aromatic rings. The number of carbonyl (C=O) groups excluding carboxylic acids is 4. The molecule has 152 valence electrons. The van der Waals surface area contributed by atoms with Gasteiger partial charge in [0.05, 0.1) is 45.0 Å². The van der Waals surface area contributed by atoms with Crippen LogP contribution in [0, 0.1) is 16.0 Å². The Morgan fingerprint density at radius 3 is 2.25 bits per heavy atom. The van der Waals surface area contributed by atoms with Crippen molar-refractivity contribution in [1.29, 1.82) is 0 Å². The van der Waals surface area contributed by atoms with E-state index in [9.17, 15) is 29.3 Å². The number of hydrogen-bond acceptors (Lipinski definition) is 9. The first-order valence-corrected chi connectivity index (χ1v) is 7.98. The van der Waals surface area contributed by atoms with E-state index in [-0.39, 0.29) is 12.1 Å². The van der Waals surface area contributed by atoms with Gasteiger partial charge in [-0.2, -0.15) is 0 Å². The Balaban J connectivity index is 3.03. The van der Waals surface area contributed by atoms with E-state index in [1.807, 2.05) is 0 Å². The molecule has 0 spiro atoms. The summed E-state index contributed by atoms with van der Waals surface area (Å²) >= 11 is 0. The maximum absolute atomic E-state index is 12.3. The number of rotatable bonds is 9. The second kappa shape index (κ2) is 10.6. The topological polar surface area (TPSA) is 151 Å². The average molecular weight is 396 g/mol. The maximum atomic E-state index is 12.3. The van der Waals surface area contributed by atoms with Crippen molar-refractivity contribution in [2.75, 3.05) is 21.3 Å². The molecule has 0 bridgehead atoms. The molecule has 0 aliphatic heterocycles. The van der Waals surface area contributed by atoms with Gasteiger partial charge in [0.1, 0.15) is 6.04 Å². The highest BCUT2D eigenvalue weighted by molar-refractivity contribution is 5.91. The summed E-state index contributed by atoms with van der Waals surface area (Å²) < 4.78 is 13.7. The predicted octanol–water partition coefficient (Wildman–Crippen LogP) is 0.147. The number of hydrogen-bond donors (Lipinski definition) is 1. The van der Waals surface area contributed by atoms with Gasteiger partial charge in [-0.05, 0) is 5.56 Å². The second-order valence-corrected chi connectivity index (χ2v) is 5.58. The van der Waals surface area contributed by atoms with Gasteiger partial charge in [-0.15, -0.1) is 0 Å². The molecule has 28 heavy (non-hydrogen) atoms. The first kappa shape index (κ1) is 22.5. The van der Waals surface area contributed by atoms with Gasteiger partial charge < -0.3 is 19.5 Å². The Labute approximate surface area is 160 Å². The van der Waals surface area contributed by atoms with Gasteiger partial charge in [0.15, 0.2) is 0 Å². The van der Waals surface area contributed by atoms with E-state index in [1.54, 1.807) is 0 Å². The number of nitro benzene ring substituents is 1. The molecule has 1 amide bonds. The maximum Gasteiger partial charge on any atom is 0.329 e. The summed E-state index contributed by atoms with van der Waals surface area (Å²) in [6.45, 7) is 0. The van der Waals surface area contributed by atoms with Gasteiger partial charge in [-0.1, -0.05) is 12.1 Å². The standard InChI is InChI=1S/C17H20N2O9/c1-26-14(21)9-12(16(22)27-2)15(17(23)28-3)18-13(20)8-10-5-4-6-11(7-10)19(24)25/h4-7,12,15H,8-9H2,1-3H3,(H,18,20)/t12-,15+/m1/s1. The lowest BCUT2D eigenvalue weighted by Crippen LogP contribution is -2.50. The van der Waals surface area contributed by atoms with Crippen LogP contribution < -0.4 is 5.32 Å². The highest BCUT2D eigenvalue weighted by atomic mass is 16.6. The molecule has 0 heterocycles. The number of carbonyl (C=O) groups is 4. The van der Waals surface area contributed by atoms with Crippen LogP contribution in [0.5, 0.6) is 0 Å². The number of benzene rings is 1. The van der Waals surface area contributed by atoms with Crippen LogP contribution in [0.25, 0.3) is 0 Å². The zero-order chi connectivity index (χ0) is 21.3. The van der Waals surface area contributed by atoms with E-state index in [1.165, 1.54) is 24.3 Å². The number of amides is 1. The smallest absolute Gasteiger partial charge is 0.329 e. The van der Waals surface area contributed by atoms with Crippen LogP contribution in [-0.2, 0) is 39.8 Å². The molecule has 1 aromatic carbocycles. The third-order valence-electron chi connectivity index (χ3n) is 3.78. The van der Waals surface area contributed by atoms with Crippen LogP contribution in [0.15, 0.2) is 24.3 Å². The number of ether oxygens (including phenoxy) is 3. The summed E-state index contributed by atoms with van der Waals surface area (Å²) in [6, 6.07) is 3.86. The summed E-state index contributed by atoms with van der Waals surface area (Å²) in [6.07, 6.45) is -0.832. The minimum absolute atomic E-state index is 0.201. The number of esters is 3. The number of nitro groups is 1. The lowest BCUT2D eigenvalue weighted by Gasteiger charge is -2.23. The number of nitrogens with one attached hydrogen (secondary N) is 1. The fourth-order valence-corrected chi connectivity index (χ4v) is 2.39. The minimum atomic E-state index is -1.51. The van der Waals surface area contributed by atoms with Gasteiger partial charge in [0.2, 0.25) is 5.91 Å². The highest BCUT2D eigenvalue weighted by Gasteiger charge is 2.38. The van der Waals surface area contributed by atoms with E-state index in [0.29, 0.717) is 5.56 Å². The van der Waals surface area contributed by atoms with E-state index in [4.69, 9.17) is 0 Å². The van der Waals surface area contributed by atoms with Crippen molar-refractivity contribution in [1.82, 2.24) is 5.32 Å². The molecule has 0 aliphatic rings. The third-order valence-corrected chi connectivity index (χ3v) is 3.78. The van der Waals surface area contributed by atoms with Crippen molar-refractivity contribution in [3.8, 4) is 0 Å². The zero-order valence-corrected chi connectivity index (χ0v) is 15.5. The molecule has 0 saturated carbocycles. The van der Waals surface area contributed by atoms with E-state index < -0.39 is 47.1 Å². The molecule has 1 N–H and O–H groups in total. The SMILES string of the molecule is COC(=O)C[C@@H](C(=O)OC)[C@H](NC(=O)Cc1cccc([N+](=O)[O-])c1)C(=O)OC. The van der Waals surface area contributed by atoms with Crippen LogP contribution >= 0.6 is 0 Å². The molecule has 11 heteroatoms. The Kier molecular flexibility index (Phi) is 8.53. The summed E-state index contributed by atoms with van der Waals surface area (Å²) in [7, 11) is 3.21. The third kappa shape index (κ3) is 6.34. The van der Waals surface area contributed by atoms with Gasteiger partial charge in [0.25, 0.3) is 5.69 Å². The summed E-state index contributed by atoms with van der Waals surface area (Å²) in [5.41, 5.74) is 0.117. The summed E-state index contributed by atoms with van der Waals surface area (Å²) in [5, 5.41) is 13.1. The molecule has 0 aromatic heterocycles. The number of non-ortho nitro benzene ring substituents is 1. The van der Waals surface area contributed by atoms with Gasteiger partial charge >= 0.3 is 17.9 Å². The fraction of sp³-hybridized carbons (Fsp3) is 0.412. The number of nitrogens with zero attached hydrogens (tertiary/aromatic N) is 1. The van der Waals surface area contributed by atoms with E-state index in [0.717, 1.165) is 21.3 Å². The molecule has 1 rings (SSSR count). The van der Waals surface area contributed by atoms with Crippen molar-refractivity contribution in [3.05, 3.63) is 39.9 Å². The molecule has 11 nitrogen and oxygen atoms in total. The first-order valence-electron chi connectivity index (χ1n) is 7.98.